The lowest BCUT2D eigenvalue weighted by Gasteiger charge is -2.20. The van der Waals surface area contributed by atoms with Crippen LogP contribution in [0.3, 0.4) is 0 Å². The monoisotopic (exact) mass is 318 g/mol. The highest BCUT2D eigenvalue weighted by Gasteiger charge is 2.15. The molecule has 0 bridgehead atoms. The van der Waals surface area contributed by atoms with E-state index in [4.69, 9.17) is 0 Å². The Morgan fingerprint density at radius 2 is 2.04 bits per heavy atom. The van der Waals surface area contributed by atoms with Crippen molar-refractivity contribution >= 4 is 11.8 Å². The molecule has 0 radical (unpaired) electrons. The number of hydrogen-bond donors (Lipinski definition) is 2. The van der Waals surface area contributed by atoms with Crippen molar-refractivity contribution in [1.82, 2.24) is 10.2 Å². The minimum Gasteiger partial charge on any atom is -0.508 e. The SMILES string of the molecule is O=C(CCc1ccccc1O)NCCCN1CCCCCC1=O. The molecule has 0 spiro atoms. The molecule has 5 nitrogen and oxygen atoms in total. The van der Waals surface area contributed by atoms with Crippen molar-refractivity contribution in [2.24, 2.45) is 0 Å². The smallest absolute Gasteiger partial charge is 0.222 e. The number of carbonyl (C=O) groups excluding carboxylic acids is 2. The predicted octanol–water partition coefficient (Wildman–Crippen LogP) is 2.23. The fraction of sp³-hybridized carbons (Fsp3) is 0.556. The number of rotatable bonds is 7. The lowest BCUT2D eigenvalue weighted by molar-refractivity contribution is -0.130. The highest BCUT2D eigenvalue weighted by atomic mass is 16.3. The molecule has 1 heterocycles. The summed E-state index contributed by atoms with van der Waals surface area (Å²) >= 11 is 0. The molecule has 0 unspecified atom stereocenters. The first kappa shape index (κ1) is 17.3. The van der Waals surface area contributed by atoms with E-state index in [0.717, 1.165) is 44.3 Å². The average Bonchev–Trinajstić information content (AvgIpc) is 2.75. The van der Waals surface area contributed by atoms with Gasteiger partial charge in [0.25, 0.3) is 0 Å². The number of nitrogens with zero attached hydrogens (tertiary/aromatic N) is 1. The van der Waals surface area contributed by atoms with Crippen LogP contribution in [0.4, 0.5) is 0 Å². The van der Waals surface area contributed by atoms with Crippen LogP contribution in [-0.2, 0) is 16.0 Å². The van der Waals surface area contributed by atoms with Gasteiger partial charge < -0.3 is 15.3 Å². The number of carbonyl (C=O) groups is 2. The van der Waals surface area contributed by atoms with Crippen LogP contribution in [0.15, 0.2) is 24.3 Å². The molecule has 1 saturated heterocycles. The van der Waals surface area contributed by atoms with E-state index in [9.17, 15) is 14.7 Å². The van der Waals surface area contributed by atoms with E-state index in [2.05, 4.69) is 5.32 Å². The van der Waals surface area contributed by atoms with E-state index in [1.807, 2.05) is 17.0 Å². The van der Waals surface area contributed by atoms with Crippen molar-refractivity contribution < 1.29 is 14.7 Å². The molecule has 1 aromatic carbocycles. The predicted molar refractivity (Wildman–Crippen MR) is 89.1 cm³/mol. The highest BCUT2D eigenvalue weighted by molar-refractivity contribution is 5.77. The summed E-state index contributed by atoms with van der Waals surface area (Å²) in [6.07, 6.45) is 5.55. The molecule has 2 amide bonds. The summed E-state index contributed by atoms with van der Waals surface area (Å²) in [6, 6.07) is 7.08. The first-order valence-corrected chi connectivity index (χ1v) is 8.48. The molecule has 1 aromatic rings. The summed E-state index contributed by atoms with van der Waals surface area (Å²) in [4.78, 5) is 25.6. The number of aryl methyl sites for hydroxylation is 1. The van der Waals surface area contributed by atoms with Crippen molar-refractivity contribution in [2.75, 3.05) is 19.6 Å². The number of benzene rings is 1. The fourth-order valence-electron chi connectivity index (χ4n) is 2.83. The Bertz CT molecular complexity index is 531. The number of para-hydroxylation sites is 1. The Kier molecular flexibility index (Phi) is 6.91. The number of hydrogen-bond acceptors (Lipinski definition) is 3. The zero-order valence-electron chi connectivity index (χ0n) is 13.6. The topological polar surface area (TPSA) is 69.6 Å². The number of amides is 2. The quantitative estimate of drug-likeness (QED) is 0.758. The Morgan fingerprint density at radius 3 is 2.87 bits per heavy atom. The highest BCUT2D eigenvalue weighted by Crippen LogP contribution is 2.17. The van der Waals surface area contributed by atoms with Crippen molar-refractivity contribution in [2.45, 2.75) is 44.9 Å². The maximum absolute atomic E-state index is 11.8. The zero-order chi connectivity index (χ0) is 16.5. The number of nitrogens with one attached hydrogen (secondary N) is 1. The molecule has 2 N–H and O–H groups in total. The second-order valence-electron chi connectivity index (χ2n) is 6.02. The van der Waals surface area contributed by atoms with Crippen LogP contribution in [-0.4, -0.2) is 41.5 Å². The van der Waals surface area contributed by atoms with Gasteiger partial charge in [-0.3, -0.25) is 9.59 Å². The van der Waals surface area contributed by atoms with E-state index in [1.54, 1.807) is 12.1 Å². The van der Waals surface area contributed by atoms with Gasteiger partial charge in [-0.1, -0.05) is 24.6 Å². The van der Waals surface area contributed by atoms with Crippen molar-refractivity contribution in [1.29, 1.82) is 0 Å². The molecule has 0 saturated carbocycles. The van der Waals surface area contributed by atoms with Gasteiger partial charge in [0.15, 0.2) is 0 Å². The van der Waals surface area contributed by atoms with Gasteiger partial charge in [-0.2, -0.15) is 0 Å². The Morgan fingerprint density at radius 1 is 1.22 bits per heavy atom. The molecule has 1 aliphatic rings. The third-order valence-corrected chi connectivity index (χ3v) is 4.21. The van der Waals surface area contributed by atoms with Crippen LogP contribution in [0.5, 0.6) is 5.75 Å². The van der Waals surface area contributed by atoms with Crippen LogP contribution >= 0.6 is 0 Å². The maximum atomic E-state index is 11.8. The fourth-order valence-corrected chi connectivity index (χ4v) is 2.83. The molecule has 2 rings (SSSR count). The first-order chi connectivity index (χ1) is 11.2. The summed E-state index contributed by atoms with van der Waals surface area (Å²) in [6.45, 7) is 2.15. The minimum absolute atomic E-state index is 0.0181. The second-order valence-corrected chi connectivity index (χ2v) is 6.02. The Labute approximate surface area is 137 Å². The van der Waals surface area contributed by atoms with E-state index < -0.39 is 0 Å². The molecule has 0 aromatic heterocycles. The molecule has 0 atom stereocenters. The molecular formula is C18H26N2O3. The molecule has 1 aliphatic heterocycles. The summed E-state index contributed by atoms with van der Waals surface area (Å²) < 4.78 is 0. The van der Waals surface area contributed by atoms with Gasteiger partial charge in [-0.05, 0) is 37.3 Å². The van der Waals surface area contributed by atoms with Crippen LogP contribution in [0.1, 0.15) is 44.1 Å². The van der Waals surface area contributed by atoms with Gasteiger partial charge in [-0.25, -0.2) is 0 Å². The van der Waals surface area contributed by atoms with Crippen molar-refractivity contribution in [3.63, 3.8) is 0 Å². The molecule has 126 valence electrons. The number of phenolic OH excluding ortho intramolecular Hbond substituents is 1. The van der Waals surface area contributed by atoms with E-state index in [1.165, 1.54) is 0 Å². The molecular weight excluding hydrogens is 292 g/mol. The van der Waals surface area contributed by atoms with E-state index in [-0.39, 0.29) is 17.6 Å². The number of phenols is 1. The van der Waals surface area contributed by atoms with Gasteiger partial charge in [0, 0.05) is 32.5 Å². The number of aromatic hydroxyl groups is 1. The summed E-state index contributed by atoms with van der Waals surface area (Å²) in [7, 11) is 0. The third-order valence-electron chi connectivity index (χ3n) is 4.21. The largest absolute Gasteiger partial charge is 0.508 e. The minimum atomic E-state index is -0.0181. The van der Waals surface area contributed by atoms with E-state index in [0.29, 0.717) is 25.8 Å². The Hall–Kier alpha value is -2.04. The zero-order valence-corrected chi connectivity index (χ0v) is 13.6. The third kappa shape index (κ3) is 5.93. The van der Waals surface area contributed by atoms with Gasteiger partial charge in [-0.15, -0.1) is 0 Å². The van der Waals surface area contributed by atoms with Crippen LogP contribution in [0.25, 0.3) is 0 Å². The van der Waals surface area contributed by atoms with Gasteiger partial charge >= 0.3 is 0 Å². The lowest BCUT2D eigenvalue weighted by atomic mass is 10.1. The second kappa shape index (κ2) is 9.18. The van der Waals surface area contributed by atoms with Crippen LogP contribution in [0.2, 0.25) is 0 Å². The summed E-state index contributed by atoms with van der Waals surface area (Å²) in [5, 5.41) is 12.5. The van der Waals surface area contributed by atoms with Gasteiger partial charge in [0.1, 0.15) is 5.75 Å². The summed E-state index contributed by atoms with van der Waals surface area (Å²) in [5.41, 5.74) is 0.790. The molecule has 23 heavy (non-hydrogen) atoms. The first-order valence-electron chi connectivity index (χ1n) is 8.48. The standard InChI is InChI=1S/C18H26N2O3/c21-16-8-4-3-7-15(16)10-11-17(22)19-12-6-14-20-13-5-1-2-9-18(20)23/h3-4,7-8,21H,1-2,5-6,9-14H2,(H,19,22). The van der Waals surface area contributed by atoms with Crippen LogP contribution in [0, 0.1) is 0 Å². The maximum Gasteiger partial charge on any atom is 0.222 e. The molecule has 1 fully saturated rings. The van der Waals surface area contributed by atoms with Gasteiger partial charge in [0.2, 0.25) is 11.8 Å². The molecule has 5 heteroatoms. The van der Waals surface area contributed by atoms with Crippen molar-refractivity contribution in [3.05, 3.63) is 29.8 Å². The Balaban J connectivity index is 1.61. The lowest BCUT2D eigenvalue weighted by Crippen LogP contribution is -2.34. The normalized spacial score (nSPS) is 15.3. The van der Waals surface area contributed by atoms with Gasteiger partial charge in [0.05, 0.1) is 0 Å². The van der Waals surface area contributed by atoms with E-state index >= 15 is 0 Å². The summed E-state index contributed by atoms with van der Waals surface area (Å²) in [5.74, 6) is 0.462. The number of likely N-dealkylation sites (tertiary alicyclic amines) is 1. The molecule has 0 aliphatic carbocycles. The van der Waals surface area contributed by atoms with Crippen molar-refractivity contribution in [3.8, 4) is 5.75 Å². The van der Waals surface area contributed by atoms with Crippen LogP contribution < -0.4 is 5.32 Å². The average molecular weight is 318 g/mol.